The fourth-order valence-corrected chi connectivity index (χ4v) is 9.16. The second kappa shape index (κ2) is 16.0. The maximum Gasteiger partial charge on any atom is 0.326 e. The summed E-state index contributed by atoms with van der Waals surface area (Å²) in [5.41, 5.74) is 3.74. The molecule has 4 rings (SSSR count). The summed E-state index contributed by atoms with van der Waals surface area (Å²) in [6.07, 6.45) is 5.15. The lowest BCUT2D eigenvalue weighted by molar-refractivity contribution is -0.139. The Balaban J connectivity index is 1.56. The number of ether oxygens (including phenoxy) is 1. The fraction of sp³-hybridized carbons (Fsp3) is 0.444. The number of hydrogen-bond acceptors (Lipinski definition) is 7. The SMILES string of the molecule is COC[C@H]1C[C@@H](S(=O)(=O)c2ccccc2)CCCC1CCc1ccc(C(=O)N[C@H](CCS(C)(=O)=O)C(=O)O)c(-c2ccccc2C)c1. The van der Waals surface area contributed by atoms with Crippen LogP contribution in [0.5, 0.6) is 0 Å². The number of rotatable bonds is 14. The molecule has 254 valence electrons. The molecule has 0 heterocycles. The highest BCUT2D eigenvalue weighted by molar-refractivity contribution is 7.92. The summed E-state index contributed by atoms with van der Waals surface area (Å²) >= 11 is 0. The van der Waals surface area contributed by atoms with Crippen molar-refractivity contribution in [2.75, 3.05) is 25.7 Å². The first-order valence-electron chi connectivity index (χ1n) is 16.0. The minimum atomic E-state index is -3.47. The van der Waals surface area contributed by atoms with Gasteiger partial charge in [0.25, 0.3) is 5.91 Å². The number of methoxy groups -OCH3 is 1. The van der Waals surface area contributed by atoms with Crippen LogP contribution in [0.25, 0.3) is 11.1 Å². The minimum Gasteiger partial charge on any atom is -0.480 e. The number of carbonyl (C=O) groups excluding carboxylic acids is 1. The van der Waals surface area contributed by atoms with E-state index in [1.807, 2.05) is 49.4 Å². The van der Waals surface area contributed by atoms with Gasteiger partial charge in [0.1, 0.15) is 15.9 Å². The molecular formula is C36H45NO8S2. The van der Waals surface area contributed by atoms with Gasteiger partial charge in [-0.1, -0.05) is 67.4 Å². The molecule has 1 saturated carbocycles. The number of benzene rings is 3. The molecular weight excluding hydrogens is 639 g/mol. The number of aliphatic carboxylic acids is 1. The van der Waals surface area contributed by atoms with Gasteiger partial charge < -0.3 is 15.2 Å². The van der Waals surface area contributed by atoms with Crippen LogP contribution in [-0.2, 0) is 35.6 Å². The van der Waals surface area contributed by atoms with E-state index in [4.69, 9.17) is 4.74 Å². The van der Waals surface area contributed by atoms with Crippen LogP contribution < -0.4 is 5.32 Å². The average Bonchev–Trinajstić information content (AvgIpc) is 3.24. The summed E-state index contributed by atoms with van der Waals surface area (Å²) in [4.78, 5) is 25.7. The van der Waals surface area contributed by atoms with E-state index in [9.17, 15) is 31.5 Å². The molecule has 0 aromatic heterocycles. The first kappa shape index (κ1) is 36.3. The van der Waals surface area contributed by atoms with Crippen molar-refractivity contribution in [2.45, 2.75) is 68.1 Å². The second-order valence-corrected chi connectivity index (χ2v) is 17.1. The van der Waals surface area contributed by atoms with Gasteiger partial charge in [-0.05, 0) is 91.3 Å². The van der Waals surface area contributed by atoms with Gasteiger partial charge in [0.2, 0.25) is 0 Å². The van der Waals surface area contributed by atoms with Gasteiger partial charge in [0.15, 0.2) is 9.84 Å². The van der Waals surface area contributed by atoms with Gasteiger partial charge in [-0.25, -0.2) is 21.6 Å². The summed E-state index contributed by atoms with van der Waals surface area (Å²) in [6.45, 7) is 2.42. The summed E-state index contributed by atoms with van der Waals surface area (Å²) < 4.78 is 55.9. The maximum absolute atomic E-state index is 13.5. The first-order valence-corrected chi connectivity index (χ1v) is 19.6. The Labute approximate surface area is 278 Å². The molecule has 2 N–H and O–H groups in total. The van der Waals surface area contributed by atoms with Crippen LogP contribution >= 0.6 is 0 Å². The fourth-order valence-electron chi connectivity index (χ4n) is 6.59. The molecule has 47 heavy (non-hydrogen) atoms. The predicted molar refractivity (Wildman–Crippen MR) is 183 cm³/mol. The zero-order valence-corrected chi connectivity index (χ0v) is 28.9. The van der Waals surface area contributed by atoms with E-state index in [1.54, 1.807) is 37.4 Å². The molecule has 0 bridgehead atoms. The zero-order chi connectivity index (χ0) is 34.2. The number of sulfone groups is 2. The van der Waals surface area contributed by atoms with Crippen LogP contribution in [0.2, 0.25) is 0 Å². The molecule has 1 amide bonds. The van der Waals surface area contributed by atoms with Crippen LogP contribution in [0, 0.1) is 18.8 Å². The van der Waals surface area contributed by atoms with E-state index in [2.05, 4.69) is 5.32 Å². The van der Waals surface area contributed by atoms with Crippen molar-refractivity contribution in [3.8, 4) is 11.1 Å². The third-order valence-electron chi connectivity index (χ3n) is 9.17. The molecule has 0 radical (unpaired) electrons. The highest BCUT2D eigenvalue weighted by atomic mass is 32.2. The first-order chi connectivity index (χ1) is 22.3. The van der Waals surface area contributed by atoms with Gasteiger partial charge in [0, 0.05) is 25.5 Å². The molecule has 1 aliphatic rings. The van der Waals surface area contributed by atoms with E-state index in [0.717, 1.165) is 42.2 Å². The molecule has 0 spiro atoms. The van der Waals surface area contributed by atoms with E-state index in [1.165, 1.54) is 0 Å². The number of amides is 1. The molecule has 1 aliphatic carbocycles. The van der Waals surface area contributed by atoms with E-state index in [-0.39, 0.29) is 24.0 Å². The van der Waals surface area contributed by atoms with Crippen LogP contribution in [0.15, 0.2) is 77.7 Å². The van der Waals surface area contributed by atoms with Crippen LogP contribution in [-0.4, -0.2) is 70.8 Å². The lowest BCUT2D eigenvalue weighted by Gasteiger charge is -2.26. The topological polar surface area (TPSA) is 144 Å². The van der Waals surface area contributed by atoms with Crippen LogP contribution in [0.4, 0.5) is 0 Å². The Bertz CT molecular complexity index is 1760. The number of aryl methyl sites for hydroxylation is 2. The third kappa shape index (κ3) is 9.74. The number of carboxylic acid groups (broad SMARTS) is 1. The highest BCUT2D eigenvalue weighted by Gasteiger charge is 2.35. The molecule has 4 atom stereocenters. The maximum atomic E-state index is 13.5. The largest absolute Gasteiger partial charge is 0.480 e. The zero-order valence-electron chi connectivity index (χ0n) is 27.2. The van der Waals surface area contributed by atoms with Crippen molar-refractivity contribution < 1.29 is 36.3 Å². The Morgan fingerprint density at radius 2 is 1.64 bits per heavy atom. The van der Waals surface area contributed by atoms with Crippen molar-refractivity contribution in [1.29, 1.82) is 0 Å². The normalized spacial score (nSPS) is 19.4. The lowest BCUT2D eigenvalue weighted by Crippen LogP contribution is -2.42. The standard InChI is InChI=1S/C36H45NO8S2/c1-25-10-7-8-15-31(25)33-22-26(17-19-32(33)35(38)37-34(36(39)40)20-21-46(3,41)42)16-18-27-11-9-14-30(23-28(27)24-45-2)47(43,44)29-12-5-4-6-13-29/h4-8,10,12-13,15,17,19,22,27-28,30,34H,9,11,14,16,18,20-21,23-24H2,1-3H3,(H,37,38)(H,39,40)/t27?,28-,30+,34-/m1/s1. The predicted octanol–water partition coefficient (Wildman–Crippen LogP) is 5.51. The van der Waals surface area contributed by atoms with Gasteiger partial charge in [0.05, 0.1) is 15.9 Å². The van der Waals surface area contributed by atoms with Crippen molar-refractivity contribution >= 4 is 31.6 Å². The van der Waals surface area contributed by atoms with Crippen molar-refractivity contribution in [1.82, 2.24) is 5.32 Å². The number of carbonyl (C=O) groups is 2. The van der Waals surface area contributed by atoms with Crippen LogP contribution in [0.1, 0.15) is 60.0 Å². The number of hydrogen-bond donors (Lipinski definition) is 2. The number of nitrogens with one attached hydrogen (secondary N) is 1. The Morgan fingerprint density at radius 1 is 0.936 bits per heavy atom. The summed E-state index contributed by atoms with van der Waals surface area (Å²) in [6, 6.07) is 20.5. The van der Waals surface area contributed by atoms with Crippen molar-refractivity contribution in [3.05, 3.63) is 89.5 Å². The highest BCUT2D eigenvalue weighted by Crippen LogP contribution is 2.37. The van der Waals surface area contributed by atoms with E-state index < -0.39 is 42.8 Å². The summed E-state index contributed by atoms with van der Waals surface area (Å²) in [5, 5.41) is 11.7. The third-order valence-corrected chi connectivity index (χ3v) is 12.4. The molecule has 3 aromatic rings. The molecule has 11 heteroatoms. The van der Waals surface area contributed by atoms with Gasteiger partial charge in [-0.3, -0.25) is 4.79 Å². The van der Waals surface area contributed by atoms with Gasteiger partial charge in [-0.15, -0.1) is 0 Å². The summed E-state index contributed by atoms with van der Waals surface area (Å²) in [7, 11) is -5.23. The van der Waals surface area contributed by atoms with Crippen LogP contribution in [0.3, 0.4) is 0 Å². The average molecular weight is 684 g/mol. The van der Waals surface area contributed by atoms with Gasteiger partial charge in [-0.2, -0.15) is 0 Å². The summed E-state index contributed by atoms with van der Waals surface area (Å²) in [5.74, 6) is -1.93. The quantitative estimate of drug-likeness (QED) is 0.212. The Kier molecular flexibility index (Phi) is 12.4. The number of carboxylic acids is 1. The van der Waals surface area contributed by atoms with Crippen molar-refractivity contribution in [3.63, 3.8) is 0 Å². The second-order valence-electron chi connectivity index (χ2n) is 12.6. The van der Waals surface area contributed by atoms with E-state index >= 15 is 0 Å². The van der Waals surface area contributed by atoms with E-state index in [0.29, 0.717) is 41.9 Å². The molecule has 1 fully saturated rings. The monoisotopic (exact) mass is 683 g/mol. The van der Waals surface area contributed by atoms with Crippen molar-refractivity contribution in [2.24, 2.45) is 11.8 Å². The smallest absolute Gasteiger partial charge is 0.326 e. The molecule has 0 aliphatic heterocycles. The molecule has 3 aromatic carbocycles. The molecule has 0 saturated heterocycles. The lowest BCUT2D eigenvalue weighted by atomic mass is 9.83. The minimum absolute atomic E-state index is 0.0757. The van der Waals surface area contributed by atoms with Gasteiger partial charge >= 0.3 is 5.97 Å². The molecule has 9 nitrogen and oxygen atoms in total. The molecule has 1 unspecified atom stereocenters. The Hall–Kier alpha value is -3.54. The Morgan fingerprint density at radius 3 is 2.30 bits per heavy atom.